The highest BCUT2D eigenvalue weighted by molar-refractivity contribution is 7.47. The molecule has 0 heterocycles. The Balaban J connectivity index is 4.09. The molecule has 59 heavy (non-hydrogen) atoms. The van der Waals surface area contributed by atoms with Crippen LogP contribution in [0.5, 0.6) is 0 Å². The predicted octanol–water partition coefficient (Wildman–Crippen LogP) is 11.6. The van der Waals surface area contributed by atoms with Crippen molar-refractivity contribution in [2.24, 2.45) is 0 Å². The molecule has 10 nitrogen and oxygen atoms in total. The number of ether oxygens (including phenoxy) is 2. The van der Waals surface area contributed by atoms with E-state index in [0.717, 1.165) is 83.5 Å². The summed E-state index contributed by atoms with van der Waals surface area (Å²) < 4.78 is 32.5. The highest BCUT2D eigenvalue weighted by Crippen LogP contribution is 2.43. The van der Waals surface area contributed by atoms with Crippen LogP contribution in [0.4, 0.5) is 0 Å². The van der Waals surface area contributed by atoms with Crippen molar-refractivity contribution in [2.45, 2.75) is 142 Å². The first kappa shape index (κ1) is 55.4. The lowest BCUT2D eigenvalue weighted by molar-refractivity contribution is -0.153. The number of rotatable bonds is 38. The average molecular weight is 843 g/mol. The van der Waals surface area contributed by atoms with Gasteiger partial charge in [0.25, 0.3) is 0 Å². The summed E-state index contributed by atoms with van der Waals surface area (Å²) >= 11 is 0. The van der Waals surface area contributed by atoms with Gasteiger partial charge >= 0.3 is 19.8 Å². The molecule has 0 saturated heterocycles. The molecule has 3 unspecified atom stereocenters. The van der Waals surface area contributed by atoms with Gasteiger partial charge in [-0.05, 0) is 96.3 Å². The van der Waals surface area contributed by atoms with Crippen LogP contribution in [-0.4, -0.2) is 65.7 Å². The third kappa shape index (κ3) is 40.9. The molecule has 0 aromatic carbocycles. The number of unbranched alkanes of at least 4 members (excludes halogenated alkanes) is 4. The van der Waals surface area contributed by atoms with Crippen molar-refractivity contribution in [3.05, 3.63) is 122 Å². The maximum atomic E-state index is 12.4. The third-order valence-corrected chi connectivity index (χ3v) is 9.12. The van der Waals surface area contributed by atoms with Crippen molar-refractivity contribution in [3.63, 3.8) is 0 Å². The minimum atomic E-state index is -4.67. The van der Waals surface area contributed by atoms with Crippen LogP contribution in [-0.2, 0) is 32.7 Å². The van der Waals surface area contributed by atoms with Crippen LogP contribution in [0.15, 0.2) is 122 Å². The molecular formula is C48H75O10P. The lowest BCUT2D eigenvalue weighted by Gasteiger charge is -2.20. The van der Waals surface area contributed by atoms with Crippen molar-refractivity contribution < 1.29 is 47.8 Å². The molecule has 0 fully saturated rings. The Morgan fingerprint density at radius 2 is 0.763 bits per heavy atom. The Kier molecular flexibility index (Phi) is 39.9. The summed E-state index contributed by atoms with van der Waals surface area (Å²) in [5.74, 6) is -1.13. The molecule has 0 rings (SSSR count). The van der Waals surface area contributed by atoms with Gasteiger partial charge in [0.2, 0.25) is 0 Å². The summed E-state index contributed by atoms with van der Waals surface area (Å²) in [6.45, 7) is 1.84. The van der Waals surface area contributed by atoms with E-state index in [1.165, 1.54) is 0 Å². The number of hydrogen-bond acceptors (Lipinski definition) is 9. The lowest BCUT2D eigenvalue weighted by atomic mass is 10.1. The van der Waals surface area contributed by atoms with Gasteiger partial charge in [-0.15, -0.1) is 0 Å². The lowest BCUT2D eigenvalue weighted by Crippen LogP contribution is -2.28. The number of aliphatic hydroxyl groups is 2. The van der Waals surface area contributed by atoms with Crippen molar-refractivity contribution in [2.75, 3.05) is 26.4 Å². The minimum Gasteiger partial charge on any atom is -0.457 e. The molecule has 0 saturated carbocycles. The number of hydrogen-bond donors (Lipinski definition) is 3. The van der Waals surface area contributed by atoms with Gasteiger partial charge in [-0.2, -0.15) is 0 Å². The highest BCUT2D eigenvalue weighted by atomic mass is 31.2. The zero-order chi connectivity index (χ0) is 43.3. The van der Waals surface area contributed by atoms with Crippen molar-refractivity contribution in [3.8, 4) is 0 Å². The summed E-state index contributed by atoms with van der Waals surface area (Å²) in [4.78, 5) is 34.5. The van der Waals surface area contributed by atoms with E-state index in [-0.39, 0.29) is 12.8 Å². The fourth-order valence-corrected chi connectivity index (χ4v) is 5.72. The highest BCUT2D eigenvalue weighted by Gasteiger charge is 2.27. The van der Waals surface area contributed by atoms with Crippen LogP contribution in [0, 0.1) is 0 Å². The Labute approximate surface area is 356 Å². The van der Waals surface area contributed by atoms with Crippen LogP contribution in [0.2, 0.25) is 0 Å². The summed E-state index contributed by atoms with van der Waals surface area (Å²) in [5.41, 5.74) is 0. The van der Waals surface area contributed by atoms with Gasteiger partial charge < -0.3 is 24.6 Å². The van der Waals surface area contributed by atoms with Crippen molar-refractivity contribution in [1.29, 1.82) is 0 Å². The quantitative estimate of drug-likeness (QED) is 0.0237. The molecule has 0 radical (unpaired) electrons. The van der Waals surface area contributed by atoms with Gasteiger partial charge in [0, 0.05) is 12.8 Å². The molecule has 0 aliphatic rings. The number of aliphatic hydroxyl groups excluding tert-OH is 2. The first-order valence-electron chi connectivity index (χ1n) is 21.5. The molecule has 0 spiro atoms. The van der Waals surface area contributed by atoms with E-state index in [2.05, 4.69) is 123 Å². The second-order valence-electron chi connectivity index (χ2n) is 13.6. The monoisotopic (exact) mass is 843 g/mol. The maximum absolute atomic E-state index is 12.4. The smallest absolute Gasteiger partial charge is 0.457 e. The minimum absolute atomic E-state index is 0.103. The molecule has 0 aromatic heterocycles. The standard InChI is InChI=1S/C48H75O10P/c1-3-5-7-9-11-13-15-17-19-21-22-24-26-28-30-32-34-36-38-40-48(52)58-46(42-50)44-56-59(53,54)55-43-45(41-49)57-47(51)39-37-35-33-31-29-27-25-23-20-18-16-14-12-10-8-6-4-2/h5-8,11-14,17-20,22,24-25,27-28,30-31,33,45-46,49-50H,3-4,9-10,15-16,21,23,26,29,32,34-44H2,1-2H3,(H,53,54)/b7-5-,8-6-,13-11-,14-12-,19-17-,20-18-,24-22-,27-25-,30-28-,33-31-. The van der Waals surface area contributed by atoms with Gasteiger partial charge in [0.1, 0.15) is 12.2 Å². The Hall–Kier alpha value is -3.63. The summed E-state index contributed by atoms with van der Waals surface area (Å²) in [5, 5.41) is 19.2. The zero-order valence-corrected chi connectivity index (χ0v) is 36.8. The van der Waals surface area contributed by atoms with Crippen LogP contribution in [0.3, 0.4) is 0 Å². The molecule has 0 aliphatic heterocycles. The van der Waals surface area contributed by atoms with Gasteiger partial charge in [-0.3, -0.25) is 18.6 Å². The number of carbonyl (C=O) groups is 2. The molecule has 11 heteroatoms. The average Bonchev–Trinajstić information content (AvgIpc) is 3.22. The van der Waals surface area contributed by atoms with Crippen molar-refractivity contribution in [1.82, 2.24) is 0 Å². The van der Waals surface area contributed by atoms with Crippen molar-refractivity contribution >= 4 is 19.8 Å². The van der Waals surface area contributed by atoms with Crippen LogP contribution < -0.4 is 0 Å². The van der Waals surface area contributed by atoms with Gasteiger partial charge in [-0.25, -0.2) is 4.57 Å². The summed E-state index contributed by atoms with van der Waals surface area (Å²) in [6.07, 6.45) is 54.6. The Morgan fingerprint density at radius 1 is 0.458 bits per heavy atom. The normalized spacial score (nSPS) is 15.0. The van der Waals surface area contributed by atoms with Crippen LogP contribution in [0.25, 0.3) is 0 Å². The molecule has 3 atom stereocenters. The van der Waals surface area contributed by atoms with Gasteiger partial charge in [-0.1, -0.05) is 142 Å². The van der Waals surface area contributed by atoms with E-state index in [1.807, 2.05) is 12.2 Å². The number of allylic oxidation sites excluding steroid dienone is 20. The fraction of sp³-hybridized carbons (Fsp3) is 0.542. The number of carbonyl (C=O) groups excluding carboxylic acids is 2. The first-order chi connectivity index (χ1) is 28.8. The third-order valence-electron chi connectivity index (χ3n) is 8.17. The zero-order valence-electron chi connectivity index (χ0n) is 35.9. The molecule has 0 aromatic rings. The SMILES string of the molecule is CC/C=C\C/C=C\C/C=C\C/C=C\C/C=C\CCCCCC(=O)OC(CO)COP(=O)(O)OCC(CO)OC(=O)CCC/C=C\C/C=C\C/C=C\C/C=C\C/C=C\CC. The molecule has 3 N–H and O–H groups in total. The van der Waals surface area contributed by atoms with E-state index in [9.17, 15) is 29.3 Å². The van der Waals surface area contributed by atoms with E-state index < -0.39 is 58.4 Å². The molecule has 0 aliphatic carbocycles. The van der Waals surface area contributed by atoms with Gasteiger partial charge in [0.05, 0.1) is 26.4 Å². The Morgan fingerprint density at radius 3 is 1.10 bits per heavy atom. The second-order valence-corrected chi connectivity index (χ2v) is 15.0. The maximum Gasteiger partial charge on any atom is 0.472 e. The molecule has 332 valence electrons. The molecular weight excluding hydrogens is 767 g/mol. The largest absolute Gasteiger partial charge is 0.472 e. The van der Waals surface area contributed by atoms with Crippen LogP contribution >= 0.6 is 7.82 Å². The summed E-state index contributed by atoms with van der Waals surface area (Å²) in [6, 6.07) is 0. The first-order valence-corrected chi connectivity index (χ1v) is 23.0. The van der Waals surface area contributed by atoms with E-state index in [0.29, 0.717) is 19.3 Å². The number of phosphoric ester groups is 1. The van der Waals surface area contributed by atoms with Crippen LogP contribution in [0.1, 0.15) is 129 Å². The topological polar surface area (TPSA) is 149 Å². The fourth-order valence-electron chi connectivity index (χ4n) is 4.94. The van der Waals surface area contributed by atoms with E-state index in [1.54, 1.807) is 0 Å². The summed E-state index contributed by atoms with van der Waals surface area (Å²) in [7, 11) is -4.67. The van der Waals surface area contributed by atoms with E-state index >= 15 is 0 Å². The predicted molar refractivity (Wildman–Crippen MR) is 242 cm³/mol. The van der Waals surface area contributed by atoms with Gasteiger partial charge in [0.15, 0.2) is 0 Å². The molecule has 0 amide bonds. The molecule has 0 bridgehead atoms. The van der Waals surface area contributed by atoms with E-state index in [4.69, 9.17) is 18.5 Å². The second kappa shape index (κ2) is 42.5. The number of esters is 2. The Bertz CT molecular complexity index is 1390. The number of phosphoric acid groups is 1.